The third-order valence-corrected chi connectivity index (χ3v) is 4.16. The number of fused-ring (bicyclic) bond motifs is 1. The van der Waals surface area contributed by atoms with Gasteiger partial charge in [0.2, 0.25) is 11.7 Å². The Bertz CT molecular complexity index is 997. The molecule has 3 N–H and O–H groups in total. The number of aromatic amines is 2. The van der Waals surface area contributed by atoms with Crippen LogP contribution < -0.4 is 25.2 Å². The standard InChI is InChI=1S/C19H21N3O5/c1-25-15-8-11(9-16(26-2)18(15)27-3)4-7-17(23)20-12-5-6-13-14(10-12)22-19(24)21-13/h5-6,8-10H,4,7H2,1-3H3,(H,20,23)(H2,21,22,24). The Morgan fingerprint density at radius 2 is 1.63 bits per heavy atom. The summed E-state index contributed by atoms with van der Waals surface area (Å²) in [6, 6.07) is 8.84. The second kappa shape index (κ2) is 7.86. The first-order valence-electron chi connectivity index (χ1n) is 8.35. The van der Waals surface area contributed by atoms with Crippen molar-refractivity contribution in [2.75, 3.05) is 26.6 Å². The third-order valence-electron chi connectivity index (χ3n) is 4.16. The fourth-order valence-electron chi connectivity index (χ4n) is 2.87. The van der Waals surface area contributed by atoms with E-state index in [1.54, 1.807) is 39.5 Å². The van der Waals surface area contributed by atoms with Gasteiger partial charge in [0.1, 0.15) is 0 Å². The summed E-state index contributed by atoms with van der Waals surface area (Å²) in [5, 5.41) is 2.83. The fraction of sp³-hybridized carbons (Fsp3) is 0.263. The maximum absolute atomic E-state index is 12.3. The fourth-order valence-corrected chi connectivity index (χ4v) is 2.87. The minimum absolute atomic E-state index is 0.138. The molecule has 27 heavy (non-hydrogen) atoms. The maximum atomic E-state index is 12.3. The monoisotopic (exact) mass is 371 g/mol. The van der Waals surface area contributed by atoms with Gasteiger partial charge in [-0.05, 0) is 42.3 Å². The van der Waals surface area contributed by atoms with E-state index in [-0.39, 0.29) is 18.0 Å². The van der Waals surface area contributed by atoms with Gasteiger partial charge >= 0.3 is 5.69 Å². The van der Waals surface area contributed by atoms with Crippen LogP contribution in [0.5, 0.6) is 17.2 Å². The summed E-state index contributed by atoms with van der Waals surface area (Å²) >= 11 is 0. The van der Waals surface area contributed by atoms with E-state index in [2.05, 4.69) is 15.3 Å². The number of carbonyl (C=O) groups is 1. The molecule has 0 radical (unpaired) electrons. The molecular weight excluding hydrogens is 350 g/mol. The molecule has 1 aromatic heterocycles. The van der Waals surface area contributed by atoms with Crippen molar-refractivity contribution in [1.29, 1.82) is 0 Å². The lowest BCUT2D eigenvalue weighted by atomic mass is 10.1. The number of H-pyrrole nitrogens is 2. The minimum Gasteiger partial charge on any atom is -0.493 e. The van der Waals surface area contributed by atoms with Crippen molar-refractivity contribution in [3.63, 3.8) is 0 Å². The summed E-state index contributed by atoms with van der Waals surface area (Å²) in [5.41, 5.74) is 2.56. The Labute approximate surface area is 155 Å². The number of anilines is 1. The molecule has 0 aliphatic heterocycles. The van der Waals surface area contributed by atoms with Crippen LogP contribution in [-0.4, -0.2) is 37.2 Å². The zero-order valence-electron chi connectivity index (χ0n) is 15.3. The first-order valence-corrected chi connectivity index (χ1v) is 8.35. The normalized spacial score (nSPS) is 10.6. The van der Waals surface area contributed by atoms with E-state index in [4.69, 9.17) is 14.2 Å². The van der Waals surface area contributed by atoms with E-state index in [1.807, 2.05) is 12.1 Å². The van der Waals surface area contributed by atoms with Crippen LogP contribution in [0.3, 0.4) is 0 Å². The molecule has 0 aliphatic rings. The molecule has 0 saturated carbocycles. The van der Waals surface area contributed by atoms with Crippen LogP contribution in [0.25, 0.3) is 11.0 Å². The molecule has 3 aromatic rings. The number of hydrogen-bond acceptors (Lipinski definition) is 5. The number of carbonyl (C=O) groups excluding carboxylic acids is 1. The second-order valence-corrected chi connectivity index (χ2v) is 5.92. The Hall–Kier alpha value is -3.42. The Morgan fingerprint density at radius 1 is 0.963 bits per heavy atom. The van der Waals surface area contributed by atoms with Crippen LogP contribution in [0, 0.1) is 0 Å². The molecule has 0 unspecified atom stereocenters. The highest BCUT2D eigenvalue weighted by Crippen LogP contribution is 2.38. The summed E-state index contributed by atoms with van der Waals surface area (Å²) in [4.78, 5) is 28.9. The molecule has 0 aliphatic carbocycles. The predicted molar refractivity (Wildman–Crippen MR) is 102 cm³/mol. The minimum atomic E-state index is -0.282. The Balaban J connectivity index is 1.68. The highest BCUT2D eigenvalue weighted by atomic mass is 16.5. The van der Waals surface area contributed by atoms with Gasteiger partial charge in [-0.2, -0.15) is 0 Å². The maximum Gasteiger partial charge on any atom is 0.323 e. The molecule has 0 spiro atoms. The first kappa shape index (κ1) is 18.4. The van der Waals surface area contributed by atoms with Gasteiger partial charge < -0.3 is 29.5 Å². The molecule has 0 fully saturated rings. The third kappa shape index (κ3) is 4.05. The molecule has 1 amide bonds. The van der Waals surface area contributed by atoms with E-state index >= 15 is 0 Å². The summed E-state index contributed by atoms with van der Waals surface area (Å²) in [6.07, 6.45) is 0.784. The average molecular weight is 371 g/mol. The molecule has 8 nitrogen and oxygen atoms in total. The van der Waals surface area contributed by atoms with Crippen LogP contribution in [0.1, 0.15) is 12.0 Å². The summed E-state index contributed by atoms with van der Waals surface area (Å²) in [5.74, 6) is 1.48. The molecule has 3 rings (SSSR count). The van der Waals surface area contributed by atoms with E-state index in [1.165, 1.54) is 0 Å². The molecule has 0 saturated heterocycles. The number of nitrogens with one attached hydrogen (secondary N) is 3. The number of rotatable bonds is 7. The van der Waals surface area contributed by atoms with E-state index in [0.717, 1.165) is 5.56 Å². The van der Waals surface area contributed by atoms with Crippen molar-refractivity contribution >= 4 is 22.6 Å². The highest BCUT2D eigenvalue weighted by Gasteiger charge is 2.14. The average Bonchev–Trinajstić information content (AvgIpc) is 3.04. The van der Waals surface area contributed by atoms with E-state index < -0.39 is 0 Å². The molecule has 142 valence electrons. The topological polar surface area (TPSA) is 105 Å². The van der Waals surface area contributed by atoms with Crippen molar-refractivity contribution in [1.82, 2.24) is 9.97 Å². The molecule has 2 aromatic carbocycles. The van der Waals surface area contributed by atoms with Crippen molar-refractivity contribution in [2.24, 2.45) is 0 Å². The molecule has 0 atom stereocenters. The lowest BCUT2D eigenvalue weighted by Gasteiger charge is -2.14. The quantitative estimate of drug-likeness (QED) is 0.592. The summed E-state index contributed by atoms with van der Waals surface area (Å²) in [7, 11) is 4.65. The Morgan fingerprint density at radius 3 is 2.26 bits per heavy atom. The zero-order valence-corrected chi connectivity index (χ0v) is 15.3. The number of hydrogen-bond donors (Lipinski definition) is 3. The van der Waals surface area contributed by atoms with Crippen LogP contribution in [0.4, 0.5) is 5.69 Å². The second-order valence-electron chi connectivity index (χ2n) is 5.92. The SMILES string of the molecule is COc1cc(CCC(=O)Nc2ccc3[nH]c(=O)[nH]c3c2)cc(OC)c1OC. The molecule has 8 heteroatoms. The molecule has 1 heterocycles. The summed E-state index contributed by atoms with van der Waals surface area (Å²) in [6.45, 7) is 0. The van der Waals surface area contributed by atoms with Crippen LogP contribution in [-0.2, 0) is 11.2 Å². The zero-order chi connectivity index (χ0) is 19.4. The highest BCUT2D eigenvalue weighted by molar-refractivity contribution is 5.93. The van der Waals surface area contributed by atoms with Gasteiger partial charge in [-0.25, -0.2) is 4.79 Å². The van der Waals surface area contributed by atoms with E-state index in [9.17, 15) is 9.59 Å². The van der Waals surface area contributed by atoms with Gasteiger partial charge in [0.15, 0.2) is 11.5 Å². The number of ether oxygens (including phenoxy) is 3. The number of amides is 1. The van der Waals surface area contributed by atoms with Crippen LogP contribution in [0.15, 0.2) is 35.1 Å². The smallest absolute Gasteiger partial charge is 0.323 e. The number of aromatic nitrogens is 2. The lowest BCUT2D eigenvalue weighted by molar-refractivity contribution is -0.116. The van der Waals surface area contributed by atoms with Gasteiger partial charge in [0, 0.05) is 12.1 Å². The number of aryl methyl sites for hydroxylation is 1. The number of benzene rings is 2. The number of methoxy groups -OCH3 is 3. The van der Waals surface area contributed by atoms with Crippen LogP contribution >= 0.6 is 0 Å². The Kier molecular flexibility index (Phi) is 5.35. The van der Waals surface area contributed by atoms with Gasteiger partial charge in [-0.1, -0.05) is 0 Å². The lowest BCUT2D eigenvalue weighted by Crippen LogP contribution is -2.12. The van der Waals surface area contributed by atoms with E-state index in [0.29, 0.717) is 40.4 Å². The van der Waals surface area contributed by atoms with Crippen molar-refractivity contribution < 1.29 is 19.0 Å². The van der Waals surface area contributed by atoms with Crippen molar-refractivity contribution in [2.45, 2.75) is 12.8 Å². The van der Waals surface area contributed by atoms with Gasteiger partial charge in [0.25, 0.3) is 0 Å². The molecular formula is C19H21N3O5. The number of imidazole rings is 1. The van der Waals surface area contributed by atoms with Gasteiger partial charge in [-0.3, -0.25) is 4.79 Å². The first-order chi connectivity index (χ1) is 13.0. The van der Waals surface area contributed by atoms with Crippen molar-refractivity contribution in [3.05, 3.63) is 46.4 Å². The van der Waals surface area contributed by atoms with Crippen molar-refractivity contribution in [3.8, 4) is 17.2 Å². The predicted octanol–water partition coefficient (Wildman–Crippen LogP) is 2.45. The molecule has 0 bridgehead atoms. The van der Waals surface area contributed by atoms with Gasteiger partial charge in [-0.15, -0.1) is 0 Å². The van der Waals surface area contributed by atoms with Crippen LogP contribution in [0.2, 0.25) is 0 Å². The largest absolute Gasteiger partial charge is 0.493 e. The van der Waals surface area contributed by atoms with Gasteiger partial charge in [0.05, 0.1) is 32.4 Å². The summed E-state index contributed by atoms with van der Waals surface area (Å²) < 4.78 is 16.0.